The van der Waals surface area contributed by atoms with Crippen molar-refractivity contribution in [2.24, 2.45) is 5.92 Å². The number of ketones is 1. The lowest BCUT2D eigenvalue weighted by Crippen LogP contribution is -2.37. The molecule has 0 unspecified atom stereocenters. The lowest BCUT2D eigenvalue weighted by molar-refractivity contribution is -0.192. The molecule has 1 saturated carbocycles. The van der Waals surface area contributed by atoms with Crippen molar-refractivity contribution >= 4 is 34.4 Å². The summed E-state index contributed by atoms with van der Waals surface area (Å²) >= 11 is 0. The third-order valence-electron chi connectivity index (χ3n) is 5.98. The van der Waals surface area contributed by atoms with Crippen LogP contribution in [-0.2, 0) is 4.79 Å². The smallest absolute Gasteiger partial charge is 0.475 e. The molecule has 13 heteroatoms. The van der Waals surface area contributed by atoms with Gasteiger partial charge in [0, 0.05) is 36.8 Å². The van der Waals surface area contributed by atoms with Crippen molar-refractivity contribution in [1.82, 2.24) is 15.0 Å². The summed E-state index contributed by atoms with van der Waals surface area (Å²) in [6.07, 6.45) is 1.81. The zero-order chi connectivity index (χ0) is 26.7. The van der Waals surface area contributed by atoms with Gasteiger partial charge in [-0.2, -0.15) is 13.2 Å². The number of fused-ring (bicyclic) bond motifs is 1. The molecule has 3 heterocycles. The van der Waals surface area contributed by atoms with Gasteiger partial charge in [0.05, 0.1) is 11.7 Å². The highest BCUT2D eigenvalue weighted by Crippen LogP contribution is 2.33. The molecule has 8 nitrogen and oxygen atoms in total. The number of carboxylic acid groups (broad SMARTS) is 1. The van der Waals surface area contributed by atoms with E-state index in [1.54, 1.807) is 12.4 Å². The van der Waals surface area contributed by atoms with Crippen LogP contribution in [-0.4, -0.2) is 57.1 Å². The number of carboxylic acids is 1. The molecule has 0 bridgehead atoms. The molecule has 2 aliphatic rings. The van der Waals surface area contributed by atoms with E-state index in [1.807, 2.05) is 6.07 Å². The summed E-state index contributed by atoms with van der Waals surface area (Å²) in [5.74, 6) is -3.51. The zero-order valence-electron chi connectivity index (χ0n) is 19.3. The Hall–Kier alpha value is -3.90. The van der Waals surface area contributed by atoms with Gasteiger partial charge in [-0.3, -0.25) is 9.78 Å². The van der Waals surface area contributed by atoms with Crippen molar-refractivity contribution in [3.63, 3.8) is 0 Å². The zero-order valence-corrected chi connectivity index (χ0v) is 19.3. The van der Waals surface area contributed by atoms with Crippen molar-refractivity contribution in [1.29, 1.82) is 0 Å². The van der Waals surface area contributed by atoms with Crippen molar-refractivity contribution in [3.8, 4) is 0 Å². The first kappa shape index (κ1) is 26.2. The molecule has 1 saturated heterocycles. The Labute approximate surface area is 207 Å². The van der Waals surface area contributed by atoms with Crippen molar-refractivity contribution < 1.29 is 36.6 Å². The number of piperidine rings is 1. The lowest BCUT2D eigenvalue weighted by atomic mass is 9.89. The van der Waals surface area contributed by atoms with E-state index in [1.165, 1.54) is 6.07 Å². The minimum absolute atomic E-state index is 0.140. The average molecular weight is 523 g/mol. The summed E-state index contributed by atoms with van der Waals surface area (Å²) < 4.78 is 58.4. The number of carbonyl (C=O) groups is 2. The molecule has 0 radical (unpaired) electrons. The van der Waals surface area contributed by atoms with Crippen LogP contribution in [0.5, 0.6) is 0 Å². The number of benzene rings is 1. The third kappa shape index (κ3) is 6.46. The second kappa shape index (κ2) is 10.6. The number of pyridine rings is 1. The molecule has 1 aliphatic carbocycles. The Kier molecular flexibility index (Phi) is 7.50. The summed E-state index contributed by atoms with van der Waals surface area (Å²) in [7, 11) is 0. The Morgan fingerprint density at radius 1 is 0.973 bits per heavy atom. The van der Waals surface area contributed by atoms with E-state index >= 15 is 0 Å². The molecule has 1 aliphatic heterocycles. The molecule has 196 valence electrons. The van der Waals surface area contributed by atoms with Crippen LogP contribution < -0.4 is 10.2 Å². The maximum absolute atomic E-state index is 13.5. The monoisotopic (exact) mass is 523 g/mol. The van der Waals surface area contributed by atoms with E-state index < -0.39 is 23.8 Å². The van der Waals surface area contributed by atoms with Crippen LogP contribution in [0.25, 0.3) is 11.0 Å². The maximum Gasteiger partial charge on any atom is 0.490 e. The number of nitrogens with one attached hydrogen (secondary N) is 1. The number of nitrogens with zero attached hydrogens (tertiary/aromatic N) is 4. The summed E-state index contributed by atoms with van der Waals surface area (Å²) in [6, 6.07) is 5.63. The first-order chi connectivity index (χ1) is 17.5. The number of rotatable bonds is 5. The molecule has 1 aromatic carbocycles. The van der Waals surface area contributed by atoms with Gasteiger partial charge in [0.2, 0.25) is 0 Å². The molecule has 0 amide bonds. The van der Waals surface area contributed by atoms with Crippen LogP contribution in [0.1, 0.15) is 36.0 Å². The topological polar surface area (TPSA) is 108 Å². The van der Waals surface area contributed by atoms with E-state index in [-0.39, 0.29) is 17.3 Å². The molecule has 37 heavy (non-hydrogen) atoms. The number of hydrogen-bond donors (Lipinski definition) is 2. The molecular formula is C24H22F5N5O3. The van der Waals surface area contributed by atoms with Crippen molar-refractivity contribution in [2.45, 2.75) is 37.9 Å². The fourth-order valence-corrected chi connectivity index (χ4v) is 3.87. The largest absolute Gasteiger partial charge is 0.490 e. The number of aromatic nitrogens is 3. The third-order valence-corrected chi connectivity index (χ3v) is 5.98. The highest BCUT2D eigenvalue weighted by atomic mass is 19.4. The standard InChI is InChI=1S/C22H21F2N5O.C2HF3O2/c23-16-4-1-14(11-17(16)24)20(30)13-6-9-29(10-7-13)22-21(26-15-2-3-15)27-18-5-8-25-12-19(18)28-22;3-2(4,5)1(6)7/h1,4-5,8,11-13,15H,2-3,6-7,9-10H2,(H,26,27);(H,6,7). The van der Waals surface area contributed by atoms with Crippen LogP contribution >= 0.6 is 0 Å². The fraction of sp³-hybridized carbons (Fsp3) is 0.375. The number of hydrogen-bond acceptors (Lipinski definition) is 7. The summed E-state index contributed by atoms with van der Waals surface area (Å²) in [5.41, 5.74) is 1.74. The highest BCUT2D eigenvalue weighted by molar-refractivity contribution is 5.98. The summed E-state index contributed by atoms with van der Waals surface area (Å²) in [5, 5.41) is 10.6. The van der Waals surface area contributed by atoms with Crippen molar-refractivity contribution in [2.75, 3.05) is 23.3 Å². The summed E-state index contributed by atoms with van der Waals surface area (Å²) in [4.78, 5) is 37.5. The van der Waals surface area contributed by atoms with Crippen LogP contribution in [0.15, 0.2) is 36.7 Å². The van der Waals surface area contributed by atoms with Gasteiger partial charge in [-0.25, -0.2) is 23.5 Å². The molecule has 0 spiro atoms. The Balaban J connectivity index is 0.000000405. The summed E-state index contributed by atoms with van der Waals surface area (Å²) in [6.45, 7) is 1.28. The first-order valence-electron chi connectivity index (χ1n) is 11.5. The molecule has 3 aromatic rings. The van der Waals surface area contributed by atoms with E-state index in [9.17, 15) is 26.7 Å². The van der Waals surface area contributed by atoms with E-state index in [2.05, 4.69) is 15.2 Å². The second-order valence-corrected chi connectivity index (χ2v) is 8.74. The minimum Gasteiger partial charge on any atom is -0.475 e. The van der Waals surface area contributed by atoms with Gasteiger partial charge in [0.15, 0.2) is 29.1 Å². The maximum atomic E-state index is 13.5. The minimum atomic E-state index is -5.08. The number of halogens is 5. The SMILES string of the molecule is O=C(O)C(F)(F)F.O=C(c1ccc(F)c(F)c1)C1CCN(c2nc3cnccc3nc2NC2CC2)CC1. The average Bonchev–Trinajstić information content (AvgIpc) is 3.69. The van der Waals surface area contributed by atoms with Crippen LogP contribution in [0.4, 0.5) is 33.6 Å². The first-order valence-corrected chi connectivity index (χ1v) is 11.5. The number of alkyl halides is 3. The van der Waals surface area contributed by atoms with Gasteiger partial charge >= 0.3 is 12.1 Å². The number of Topliss-reactive ketones (excluding diaryl/α,β-unsaturated/α-hetero) is 1. The molecule has 2 aromatic heterocycles. The molecule has 2 fully saturated rings. The van der Waals surface area contributed by atoms with Crippen LogP contribution in [0.2, 0.25) is 0 Å². The predicted octanol–water partition coefficient (Wildman–Crippen LogP) is 4.61. The van der Waals surface area contributed by atoms with Gasteiger partial charge in [-0.15, -0.1) is 0 Å². The molecule has 5 rings (SSSR count). The van der Waals surface area contributed by atoms with Gasteiger partial charge in [-0.05, 0) is 49.9 Å². The van der Waals surface area contributed by atoms with Crippen molar-refractivity contribution in [3.05, 3.63) is 53.9 Å². The molecular weight excluding hydrogens is 501 g/mol. The van der Waals surface area contributed by atoms with Gasteiger partial charge < -0.3 is 15.3 Å². The Bertz CT molecular complexity index is 1310. The highest BCUT2D eigenvalue weighted by Gasteiger charge is 2.38. The van der Waals surface area contributed by atoms with E-state index in [0.717, 1.165) is 47.6 Å². The normalized spacial score (nSPS) is 16.2. The number of anilines is 2. The van der Waals surface area contributed by atoms with Crippen LogP contribution in [0, 0.1) is 17.6 Å². The number of carbonyl (C=O) groups excluding carboxylic acids is 1. The Morgan fingerprint density at radius 2 is 1.65 bits per heavy atom. The molecule has 0 atom stereocenters. The number of aliphatic carboxylic acids is 1. The van der Waals surface area contributed by atoms with Gasteiger partial charge in [0.1, 0.15) is 5.52 Å². The van der Waals surface area contributed by atoms with E-state index in [0.29, 0.717) is 32.0 Å². The fourth-order valence-electron chi connectivity index (χ4n) is 3.87. The molecule has 2 N–H and O–H groups in total. The Morgan fingerprint density at radius 3 is 2.24 bits per heavy atom. The predicted molar refractivity (Wildman–Crippen MR) is 123 cm³/mol. The second-order valence-electron chi connectivity index (χ2n) is 8.74. The van der Waals surface area contributed by atoms with Gasteiger partial charge in [-0.1, -0.05) is 0 Å². The quantitative estimate of drug-likeness (QED) is 0.369. The van der Waals surface area contributed by atoms with E-state index in [4.69, 9.17) is 19.9 Å². The van der Waals surface area contributed by atoms with Gasteiger partial charge in [0.25, 0.3) is 0 Å². The lowest BCUT2D eigenvalue weighted by Gasteiger charge is -2.33. The van der Waals surface area contributed by atoms with Crippen LogP contribution in [0.3, 0.4) is 0 Å².